The van der Waals surface area contributed by atoms with Crippen molar-refractivity contribution in [2.75, 3.05) is 6.61 Å². The van der Waals surface area contributed by atoms with E-state index in [1.165, 1.54) is 31.2 Å². The zero-order chi connectivity index (χ0) is 21.8. The van der Waals surface area contributed by atoms with Gasteiger partial charge in [-0.2, -0.15) is 5.09 Å². The summed E-state index contributed by atoms with van der Waals surface area (Å²) in [7, 11) is 5.99. The van der Waals surface area contributed by atoms with Crippen molar-refractivity contribution < 1.29 is 37.7 Å². The zero-order valence-corrected chi connectivity index (χ0v) is 17.1. The summed E-state index contributed by atoms with van der Waals surface area (Å²) < 4.78 is 42.1. The zero-order valence-electron chi connectivity index (χ0n) is 15.5. The van der Waals surface area contributed by atoms with E-state index >= 15 is 0 Å². The first kappa shape index (κ1) is 24.9. The van der Waals surface area contributed by atoms with Crippen molar-refractivity contribution in [2.24, 2.45) is 0 Å². The lowest BCUT2D eigenvalue weighted by molar-refractivity contribution is -0.176. The van der Waals surface area contributed by atoms with Crippen LogP contribution in [0.4, 0.5) is 4.39 Å². The van der Waals surface area contributed by atoms with Gasteiger partial charge in [0.05, 0.1) is 11.5 Å². The third kappa shape index (κ3) is 7.06. The highest BCUT2D eigenvalue weighted by Gasteiger charge is 2.49. The second-order valence-electron chi connectivity index (χ2n) is 6.18. The lowest BCUT2D eigenvalue weighted by Crippen LogP contribution is -2.57. The van der Waals surface area contributed by atoms with E-state index in [9.17, 15) is 18.9 Å². The summed E-state index contributed by atoms with van der Waals surface area (Å²) >= 11 is 5.76. The molecule has 152 valence electrons. The minimum absolute atomic E-state index is 0.0631. The number of benzene rings is 1. The Hall–Kier alpha value is -1.09. The van der Waals surface area contributed by atoms with Crippen LogP contribution in [-0.2, 0) is 18.6 Å². The summed E-state index contributed by atoms with van der Waals surface area (Å²) in [6.45, 7) is 2.90. The summed E-state index contributed by atoms with van der Waals surface area (Å²) in [5.41, 5.74) is 0. The van der Waals surface area contributed by atoms with E-state index in [1.54, 1.807) is 13.8 Å². The summed E-state index contributed by atoms with van der Waals surface area (Å²) in [5.74, 6) is -4.57. The van der Waals surface area contributed by atoms with Crippen molar-refractivity contribution in [3.05, 3.63) is 29.3 Å². The first-order valence-electron chi connectivity index (χ1n) is 8.05. The number of hydrogen-bond acceptors (Lipinski definition) is 7. The van der Waals surface area contributed by atoms with Crippen LogP contribution in [0.15, 0.2) is 24.3 Å². The molecule has 1 rings (SSSR count). The molecule has 1 aromatic carbocycles. The van der Waals surface area contributed by atoms with E-state index < -0.39 is 43.7 Å². The molecule has 8 nitrogen and oxygen atoms in total. The van der Waals surface area contributed by atoms with Gasteiger partial charge in [-0.1, -0.05) is 11.6 Å². The Morgan fingerprint density at radius 3 is 2.32 bits per heavy atom. The first-order valence-corrected chi connectivity index (χ1v) is 9.97. The Morgan fingerprint density at radius 1 is 1.32 bits per heavy atom. The van der Waals surface area contributed by atoms with Crippen molar-refractivity contribution >= 4 is 41.0 Å². The SMILES string of the molecule is [B]C([B])(OP(=O)(NC(C)C(=O)OC(C)C)Oc1ccc(Cl)cc1)[C@](O)(F)CO. The minimum Gasteiger partial charge on any atom is -0.462 e. The van der Waals surface area contributed by atoms with Crippen LogP contribution >= 0.6 is 19.3 Å². The van der Waals surface area contributed by atoms with E-state index in [-0.39, 0.29) is 5.75 Å². The van der Waals surface area contributed by atoms with Gasteiger partial charge in [0.15, 0.2) is 0 Å². The van der Waals surface area contributed by atoms with Crippen molar-refractivity contribution in [1.29, 1.82) is 0 Å². The lowest BCUT2D eigenvalue weighted by Gasteiger charge is -2.38. The molecule has 0 aromatic heterocycles. The van der Waals surface area contributed by atoms with Crippen LogP contribution in [0.5, 0.6) is 5.75 Å². The van der Waals surface area contributed by atoms with E-state index in [1.807, 2.05) is 0 Å². The number of ether oxygens (including phenoxy) is 1. The molecule has 0 aliphatic carbocycles. The van der Waals surface area contributed by atoms with E-state index in [0.717, 1.165) is 0 Å². The number of rotatable bonds is 10. The molecule has 0 heterocycles. The van der Waals surface area contributed by atoms with Gasteiger partial charge in [0.1, 0.15) is 34.1 Å². The van der Waals surface area contributed by atoms with Gasteiger partial charge in [-0.3, -0.25) is 9.32 Å². The van der Waals surface area contributed by atoms with Crippen LogP contribution < -0.4 is 9.61 Å². The average molecular weight is 433 g/mol. The standard InChI is InChI=1S/C15H20B2ClFNO7P/c1-9(2)25-13(22)10(3)20-28(24,26-12-6-4-11(18)5-7-12)27-15(16,17)14(19,23)8-21/h4-7,9-10,21,23H,8H2,1-3H3,(H,20,24)/t10?,14-,28?/m0/s1. The van der Waals surface area contributed by atoms with Gasteiger partial charge >= 0.3 is 13.7 Å². The van der Waals surface area contributed by atoms with Crippen molar-refractivity contribution in [2.45, 2.75) is 44.2 Å². The molecule has 0 aliphatic heterocycles. The smallest absolute Gasteiger partial charge is 0.458 e. The molecule has 3 N–H and O–H groups in total. The van der Waals surface area contributed by atoms with E-state index in [4.69, 9.17) is 46.2 Å². The normalized spacial score (nSPS) is 17.4. The van der Waals surface area contributed by atoms with Gasteiger partial charge in [-0.25, -0.2) is 8.96 Å². The molecule has 13 heteroatoms. The second kappa shape index (κ2) is 9.61. The lowest BCUT2D eigenvalue weighted by atomic mass is 9.61. The number of nitrogens with one attached hydrogen (secondary N) is 1. The van der Waals surface area contributed by atoms with Gasteiger partial charge in [0.25, 0.3) is 0 Å². The maximum atomic E-state index is 14.0. The number of aliphatic hydroxyl groups excluding tert-OH is 1. The molecule has 0 spiro atoms. The van der Waals surface area contributed by atoms with Crippen molar-refractivity contribution in [3.8, 4) is 5.75 Å². The van der Waals surface area contributed by atoms with Gasteiger partial charge in [0.2, 0.25) is 5.85 Å². The Morgan fingerprint density at radius 2 is 1.86 bits per heavy atom. The number of halogens is 2. The topological polar surface area (TPSA) is 114 Å². The quantitative estimate of drug-likeness (QED) is 0.288. The third-order valence-corrected chi connectivity index (χ3v) is 5.13. The number of carbonyl (C=O) groups is 1. The number of carbonyl (C=O) groups excluding carboxylic acids is 1. The molecule has 28 heavy (non-hydrogen) atoms. The Labute approximate surface area is 170 Å². The molecule has 1 aromatic rings. The maximum Gasteiger partial charge on any atom is 0.458 e. The van der Waals surface area contributed by atoms with Gasteiger partial charge in [0, 0.05) is 5.02 Å². The van der Waals surface area contributed by atoms with Gasteiger partial charge < -0.3 is 19.5 Å². The molecule has 0 bridgehead atoms. The summed E-state index contributed by atoms with van der Waals surface area (Å²) in [6, 6.07) is 4.14. The van der Waals surface area contributed by atoms with Crippen LogP contribution in [0.2, 0.25) is 5.02 Å². The monoisotopic (exact) mass is 433 g/mol. The Bertz CT molecular complexity index is 721. The van der Waals surface area contributed by atoms with Crippen molar-refractivity contribution in [1.82, 2.24) is 5.09 Å². The second-order valence-corrected chi connectivity index (χ2v) is 8.24. The highest BCUT2D eigenvalue weighted by atomic mass is 35.5. The number of aliphatic hydroxyl groups is 2. The fourth-order valence-electron chi connectivity index (χ4n) is 1.72. The third-order valence-electron chi connectivity index (χ3n) is 3.18. The van der Waals surface area contributed by atoms with Gasteiger partial charge in [-0.05, 0) is 45.0 Å². The molecule has 0 aliphatic rings. The van der Waals surface area contributed by atoms with Crippen LogP contribution in [0.3, 0.4) is 0 Å². The maximum absolute atomic E-state index is 14.0. The van der Waals surface area contributed by atoms with Crippen LogP contribution in [0, 0.1) is 0 Å². The Kier molecular flexibility index (Phi) is 8.56. The number of alkyl halides is 1. The molecule has 0 fully saturated rings. The number of esters is 1. The Balaban J connectivity index is 3.16. The summed E-state index contributed by atoms with van der Waals surface area (Å²) in [6.07, 6.45) is -0.470. The predicted octanol–water partition coefficient (Wildman–Crippen LogP) is 1.41. The summed E-state index contributed by atoms with van der Waals surface area (Å²) in [5, 5.41) is 17.8. The van der Waals surface area contributed by atoms with Crippen LogP contribution in [0.1, 0.15) is 20.8 Å². The van der Waals surface area contributed by atoms with Gasteiger partial charge in [-0.15, -0.1) is 0 Å². The molecule has 2 unspecified atom stereocenters. The minimum atomic E-state index is -4.70. The highest BCUT2D eigenvalue weighted by Crippen LogP contribution is 2.49. The predicted molar refractivity (Wildman–Crippen MR) is 102 cm³/mol. The fourth-order valence-corrected chi connectivity index (χ4v) is 3.51. The van der Waals surface area contributed by atoms with Crippen LogP contribution in [0.25, 0.3) is 0 Å². The average Bonchev–Trinajstić information content (AvgIpc) is 2.55. The molecule has 0 saturated carbocycles. The fraction of sp³-hybridized carbons (Fsp3) is 0.533. The molecular formula is C15H20B2ClFNO7P. The summed E-state index contributed by atoms with van der Waals surface area (Å²) in [4.78, 5) is 12.0. The van der Waals surface area contributed by atoms with Crippen LogP contribution in [-0.4, -0.2) is 61.9 Å². The largest absolute Gasteiger partial charge is 0.462 e. The molecule has 0 saturated heterocycles. The molecule has 3 atom stereocenters. The highest BCUT2D eigenvalue weighted by molar-refractivity contribution is 7.52. The van der Waals surface area contributed by atoms with E-state index in [2.05, 4.69) is 5.09 Å². The van der Waals surface area contributed by atoms with E-state index in [0.29, 0.717) is 5.02 Å². The molecule has 0 amide bonds. The molecular weight excluding hydrogens is 413 g/mol. The first-order chi connectivity index (χ1) is 12.7. The van der Waals surface area contributed by atoms with Crippen molar-refractivity contribution in [3.63, 3.8) is 0 Å². The number of hydrogen-bond donors (Lipinski definition) is 3. The molecule has 4 radical (unpaired) electrons.